The zero-order chi connectivity index (χ0) is 10.6. The molecule has 1 rings (SSSR count). The minimum Gasteiger partial charge on any atom is -0.504 e. The molecule has 0 fully saturated rings. The van der Waals surface area contributed by atoms with E-state index >= 15 is 0 Å². The first-order valence-electron chi connectivity index (χ1n) is 4.68. The maximum atomic E-state index is 9.22. The second-order valence-electron chi connectivity index (χ2n) is 3.52. The van der Waals surface area contributed by atoms with Crippen LogP contribution in [0.3, 0.4) is 0 Å². The van der Waals surface area contributed by atoms with E-state index in [1.165, 1.54) is 12.1 Å². The zero-order valence-electron chi connectivity index (χ0n) is 8.49. The molecule has 0 spiro atoms. The average molecular weight is 194 g/mol. The fourth-order valence-electron chi connectivity index (χ4n) is 1.08. The van der Waals surface area contributed by atoms with Crippen LogP contribution >= 0.6 is 0 Å². The topological polar surface area (TPSA) is 52.5 Å². The quantitative estimate of drug-likeness (QED) is 0.639. The van der Waals surface area contributed by atoms with Crippen LogP contribution in [0.2, 0.25) is 0 Å². The van der Waals surface area contributed by atoms with E-state index in [1.54, 1.807) is 6.07 Å². The van der Waals surface area contributed by atoms with Gasteiger partial charge in [0.15, 0.2) is 11.5 Å². The molecule has 0 saturated carbocycles. The van der Waals surface area contributed by atoms with Crippen molar-refractivity contribution in [1.29, 1.82) is 0 Å². The Morgan fingerprint density at radius 1 is 1.29 bits per heavy atom. The maximum absolute atomic E-state index is 9.22. The highest BCUT2D eigenvalue weighted by Crippen LogP contribution is 2.25. The molecule has 0 aliphatic rings. The van der Waals surface area contributed by atoms with E-state index in [4.69, 9.17) is 5.11 Å². The number of phenols is 2. The molecule has 0 bridgehead atoms. The molecule has 3 nitrogen and oxygen atoms in total. The van der Waals surface area contributed by atoms with Gasteiger partial charge in [-0.3, -0.25) is 0 Å². The molecule has 0 saturated heterocycles. The Balaban J connectivity index is 2.47. The van der Waals surface area contributed by atoms with Crippen LogP contribution in [-0.2, 0) is 0 Å². The van der Waals surface area contributed by atoms with Crippen molar-refractivity contribution in [2.75, 3.05) is 6.54 Å². The van der Waals surface area contributed by atoms with Gasteiger partial charge in [0, 0.05) is 19.0 Å². The lowest BCUT2D eigenvalue weighted by Gasteiger charge is -2.07. The molecule has 1 aromatic rings. The first kappa shape index (κ1) is 10.9. The monoisotopic (exact) mass is 194 g/mol. The van der Waals surface area contributed by atoms with Gasteiger partial charge in [0.1, 0.15) is 0 Å². The van der Waals surface area contributed by atoms with Gasteiger partial charge in [0.25, 0.3) is 0 Å². The van der Waals surface area contributed by atoms with Crippen LogP contribution in [0, 0.1) is 6.42 Å². The van der Waals surface area contributed by atoms with Crippen molar-refractivity contribution in [3.8, 4) is 11.5 Å². The molecule has 0 heterocycles. The highest BCUT2D eigenvalue weighted by atomic mass is 16.3. The summed E-state index contributed by atoms with van der Waals surface area (Å²) in [6.07, 6.45) is 1.96. The van der Waals surface area contributed by atoms with Gasteiger partial charge in [-0.15, -0.1) is 0 Å². The van der Waals surface area contributed by atoms with Gasteiger partial charge in [-0.1, -0.05) is 19.9 Å². The summed E-state index contributed by atoms with van der Waals surface area (Å²) in [4.78, 5) is 0. The van der Waals surface area contributed by atoms with E-state index in [2.05, 4.69) is 19.2 Å². The number of hydrogen-bond donors (Lipinski definition) is 3. The molecule has 1 aromatic carbocycles. The minimum atomic E-state index is -0.0843. The van der Waals surface area contributed by atoms with Gasteiger partial charge in [-0.2, -0.15) is 0 Å². The van der Waals surface area contributed by atoms with Crippen molar-refractivity contribution < 1.29 is 10.2 Å². The second kappa shape index (κ2) is 4.86. The first-order valence-corrected chi connectivity index (χ1v) is 4.68. The molecule has 1 radical (unpaired) electrons. The van der Waals surface area contributed by atoms with E-state index in [0.29, 0.717) is 6.04 Å². The Kier molecular flexibility index (Phi) is 3.77. The van der Waals surface area contributed by atoms with Crippen molar-refractivity contribution in [3.05, 3.63) is 30.2 Å². The normalized spacial score (nSPS) is 10.8. The summed E-state index contributed by atoms with van der Waals surface area (Å²) in [6.45, 7) is 4.89. The summed E-state index contributed by atoms with van der Waals surface area (Å²) in [6, 6.07) is 5.22. The third-order valence-corrected chi connectivity index (χ3v) is 1.86. The molecule has 3 heteroatoms. The van der Waals surface area contributed by atoms with Crippen molar-refractivity contribution in [1.82, 2.24) is 5.32 Å². The summed E-state index contributed by atoms with van der Waals surface area (Å²) in [7, 11) is 0. The molecule has 14 heavy (non-hydrogen) atoms. The predicted molar refractivity (Wildman–Crippen MR) is 56.3 cm³/mol. The molecule has 3 N–H and O–H groups in total. The van der Waals surface area contributed by atoms with Crippen molar-refractivity contribution in [2.45, 2.75) is 19.9 Å². The third-order valence-electron chi connectivity index (χ3n) is 1.86. The lowest BCUT2D eigenvalue weighted by molar-refractivity contribution is 0.403. The summed E-state index contributed by atoms with van der Waals surface area (Å²) >= 11 is 0. The predicted octanol–water partition coefficient (Wildman–Crippen LogP) is 1.65. The van der Waals surface area contributed by atoms with E-state index in [-0.39, 0.29) is 11.5 Å². The van der Waals surface area contributed by atoms with Crippen molar-refractivity contribution in [2.24, 2.45) is 0 Å². The van der Waals surface area contributed by atoms with E-state index in [1.807, 2.05) is 6.42 Å². The average Bonchev–Trinajstić information content (AvgIpc) is 2.10. The van der Waals surface area contributed by atoms with Gasteiger partial charge < -0.3 is 15.5 Å². The Hall–Kier alpha value is -1.22. The smallest absolute Gasteiger partial charge is 0.157 e. The van der Waals surface area contributed by atoms with E-state index < -0.39 is 0 Å². The van der Waals surface area contributed by atoms with Crippen LogP contribution < -0.4 is 5.32 Å². The van der Waals surface area contributed by atoms with Crippen LogP contribution in [0.4, 0.5) is 0 Å². The lowest BCUT2D eigenvalue weighted by atomic mass is 10.1. The zero-order valence-corrected chi connectivity index (χ0v) is 8.49. The van der Waals surface area contributed by atoms with Gasteiger partial charge in [-0.25, -0.2) is 0 Å². The van der Waals surface area contributed by atoms with Gasteiger partial charge in [-0.05, 0) is 17.7 Å². The maximum Gasteiger partial charge on any atom is 0.157 e. The molecule has 0 atom stereocenters. The van der Waals surface area contributed by atoms with Crippen LogP contribution in [0.1, 0.15) is 19.4 Å². The standard InChI is InChI=1S/C11H16NO2/c1-8(2)12-6-5-9-3-4-10(13)11(14)7-9/h3-5,7-8,12-14H,6H2,1-2H3. The number of aromatic hydroxyl groups is 2. The van der Waals surface area contributed by atoms with Gasteiger partial charge >= 0.3 is 0 Å². The molecule has 77 valence electrons. The summed E-state index contributed by atoms with van der Waals surface area (Å²) in [5, 5.41) is 21.5. The van der Waals surface area contributed by atoms with Crippen LogP contribution in [0.5, 0.6) is 11.5 Å². The SMILES string of the molecule is CC(C)NC[CH]c1ccc(O)c(O)c1. The number of benzene rings is 1. The van der Waals surface area contributed by atoms with Crippen molar-refractivity contribution in [3.63, 3.8) is 0 Å². The minimum absolute atomic E-state index is 0.0803. The highest BCUT2D eigenvalue weighted by molar-refractivity contribution is 5.42. The molecule has 0 aliphatic heterocycles. The third kappa shape index (κ3) is 3.26. The fourth-order valence-corrected chi connectivity index (χ4v) is 1.08. The fraction of sp³-hybridized carbons (Fsp3) is 0.364. The second-order valence-corrected chi connectivity index (χ2v) is 3.52. The summed E-state index contributed by atoms with van der Waals surface area (Å²) < 4.78 is 0. The summed E-state index contributed by atoms with van der Waals surface area (Å²) in [5.74, 6) is -0.165. The Bertz CT molecular complexity index is 297. The molecular weight excluding hydrogens is 178 g/mol. The lowest BCUT2D eigenvalue weighted by Crippen LogP contribution is -2.24. The molecule has 0 aliphatic carbocycles. The summed E-state index contributed by atoms with van der Waals surface area (Å²) in [5.41, 5.74) is 0.897. The molecular formula is C11H16NO2. The molecule has 0 unspecified atom stereocenters. The van der Waals surface area contributed by atoms with Crippen LogP contribution in [-0.4, -0.2) is 22.8 Å². The number of hydrogen-bond acceptors (Lipinski definition) is 3. The van der Waals surface area contributed by atoms with Gasteiger partial charge in [0.2, 0.25) is 0 Å². The van der Waals surface area contributed by atoms with E-state index in [9.17, 15) is 5.11 Å². The Labute approximate surface area is 84.4 Å². The number of nitrogens with one attached hydrogen (secondary N) is 1. The van der Waals surface area contributed by atoms with Gasteiger partial charge in [0.05, 0.1) is 0 Å². The van der Waals surface area contributed by atoms with Crippen LogP contribution in [0.15, 0.2) is 18.2 Å². The van der Waals surface area contributed by atoms with Crippen molar-refractivity contribution >= 4 is 0 Å². The number of phenolic OH excluding ortho intramolecular Hbond substituents is 2. The molecule has 0 aromatic heterocycles. The Morgan fingerprint density at radius 3 is 2.57 bits per heavy atom. The first-order chi connectivity index (χ1) is 6.59. The van der Waals surface area contributed by atoms with E-state index in [0.717, 1.165) is 12.1 Å². The Morgan fingerprint density at radius 2 is 2.00 bits per heavy atom. The highest BCUT2D eigenvalue weighted by Gasteiger charge is 2.00. The van der Waals surface area contributed by atoms with Crippen LogP contribution in [0.25, 0.3) is 0 Å². The molecule has 0 amide bonds. The largest absolute Gasteiger partial charge is 0.504 e. The number of rotatable bonds is 4.